The molecule has 2 N–H and O–H groups in total. The van der Waals surface area contributed by atoms with Crippen LogP contribution in [0.25, 0.3) is 5.57 Å². The molecule has 2 aliphatic rings. The molecule has 2 atom stereocenters. The summed E-state index contributed by atoms with van der Waals surface area (Å²) < 4.78 is 31.0. The van der Waals surface area contributed by atoms with Gasteiger partial charge in [0, 0.05) is 46.3 Å². The topological polar surface area (TPSA) is 118 Å². The number of ether oxygens (including phenoxy) is 3. The van der Waals surface area contributed by atoms with Crippen LogP contribution in [0.5, 0.6) is 0 Å². The first-order valence-corrected chi connectivity index (χ1v) is 13.2. The van der Waals surface area contributed by atoms with Gasteiger partial charge in [0.1, 0.15) is 22.7 Å². The third-order valence-corrected chi connectivity index (χ3v) is 6.88. The van der Waals surface area contributed by atoms with Crippen molar-refractivity contribution in [1.82, 2.24) is 15.1 Å². The van der Waals surface area contributed by atoms with Crippen LogP contribution in [0.2, 0.25) is 0 Å². The lowest BCUT2D eigenvalue weighted by molar-refractivity contribution is -0.161. The van der Waals surface area contributed by atoms with E-state index in [9.17, 15) is 23.9 Å². The van der Waals surface area contributed by atoms with Gasteiger partial charge in [-0.25, -0.2) is 14.0 Å². The van der Waals surface area contributed by atoms with Gasteiger partial charge >= 0.3 is 12.1 Å². The minimum absolute atomic E-state index is 0.0423. The number of carboxylic acids is 1. The number of nitrogens with one attached hydrogen (secondary N) is 1. The van der Waals surface area contributed by atoms with Crippen molar-refractivity contribution in [2.24, 2.45) is 0 Å². The summed E-state index contributed by atoms with van der Waals surface area (Å²) >= 11 is 0. The van der Waals surface area contributed by atoms with Crippen LogP contribution in [0.4, 0.5) is 9.18 Å². The number of methoxy groups -OCH3 is 1. The number of carboxylic acid groups (broad SMARTS) is 1. The molecule has 11 heteroatoms. The largest absolute Gasteiger partial charge is 0.478 e. The molecule has 0 bridgehead atoms. The molecule has 1 heterocycles. The van der Waals surface area contributed by atoms with Crippen molar-refractivity contribution in [2.45, 2.75) is 56.9 Å². The Labute approximate surface area is 234 Å². The predicted molar refractivity (Wildman–Crippen MR) is 147 cm³/mol. The molecule has 1 aromatic carbocycles. The number of hydrogen-bond donors (Lipinski definition) is 2. The highest BCUT2D eigenvalue weighted by Gasteiger charge is 2.51. The minimum atomic E-state index is -1.34. The Hall–Kier alpha value is -3.28. The summed E-state index contributed by atoms with van der Waals surface area (Å²) in [5.74, 6) is -1.96. The third-order valence-electron chi connectivity index (χ3n) is 6.88. The van der Waals surface area contributed by atoms with E-state index in [0.29, 0.717) is 30.5 Å². The van der Waals surface area contributed by atoms with Gasteiger partial charge in [0.2, 0.25) is 5.91 Å². The zero-order valence-corrected chi connectivity index (χ0v) is 24.1. The second-order valence-electron chi connectivity index (χ2n) is 11.3. The highest BCUT2D eigenvalue weighted by atomic mass is 19.1. The predicted octanol–water partition coefficient (Wildman–Crippen LogP) is 3.43. The molecule has 0 radical (unpaired) electrons. The molecule has 1 aliphatic heterocycles. The number of piperidine rings is 1. The maximum absolute atomic E-state index is 14.0. The molecule has 2 amide bonds. The summed E-state index contributed by atoms with van der Waals surface area (Å²) in [7, 11) is 4.76. The summed E-state index contributed by atoms with van der Waals surface area (Å²) in [6, 6.07) is 5.75. The van der Waals surface area contributed by atoms with E-state index >= 15 is 0 Å². The molecule has 1 aliphatic carbocycles. The Balaban J connectivity index is 2.04. The van der Waals surface area contributed by atoms with Crippen LogP contribution in [0.3, 0.4) is 0 Å². The number of likely N-dealkylation sites (N-methyl/N-ethyl adjacent to an activating group) is 1. The van der Waals surface area contributed by atoms with Crippen molar-refractivity contribution >= 4 is 23.5 Å². The number of allylic oxidation sites excluding steroid dienone is 2. The van der Waals surface area contributed by atoms with E-state index in [4.69, 9.17) is 14.2 Å². The number of halogens is 1. The lowest BCUT2D eigenvalue weighted by Gasteiger charge is -2.50. The maximum atomic E-state index is 14.0. The number of amides is 2. The molecule has 1 aromatic rings. The summed E-state index contributed by atoms with van der Waals surface area (Å²) in [5.41, 5.74) is -2.53. The highest BCUT2D eigenvalue weighted by Crippen LogP contribution is 2.40. The Morgan fingerprint density at radius 3 is 2.52 bits per heavy atom. The van der Waals surface area contributed by atoms with E-state index in [2.05, 4.69) is 5.32 Å². The third kappa shape index (κ3) is 7.26. The zero-order chi connectivity index (χ0) is 29.7. The maximum Gasteiger partial charge on any atom is 0.408 e. The van der Waals surface area contributed by atoms with Gasteiger partial charge in [0.15, 0.2) is 0 Å². The Morgan fingerprint density at radius 2 is 1.93 bits per heavy atom. The fourth-order valence-corrected chi connectivity index (χ4v) is 5.18. The number of carbonyl (C=O) groups is 3. The fourth-order valence-electron chi connectivity index (χ4n) is 5.18. The Morgan fingerprint density at radius 1 is 1.20 bits per heavy atom. The quantitative estimate of drug-likeness (QED) is 0.441. The smallest absolute Gasteiger partial charge is 0.408 e. The van der Waals surface area contributed by atoms with E-state index < -0.39 is 34.7 Å². The van der Waals surface area contributed by atoms with E-state index in [1.54, 1.807) is 53.1 Å². The van der Waals surface area contributed by atoms with Crippen molar-refractivity contribution in [3.63, 3.8) is 0 Å². The first-order valence-electron chi connectivity index (χ1n) is 13.2. The van der Waals surface area contributed by atoms with Gasteiger partial charge in [-0.1, -0.05) is 18.2 Å². The summed E-state index contributed by atoms with van der Waals surface area (Å²) in [5, 5.41) is 13.0. The van der Waals surface area contributed by atoms with Crippen molar-refractivity contribution in [2.75, 3.05) is 47.5 Å². The highest BCUT2D eigenvalue weighted by molar-refractivity contribution is 6.00. The first-order chi connectivity index (χ1) is 18.7. The van der Waals surface area contributed by atoms with Gasteiger partial charge in [-0.3, -0.25) is 9.69 Å². The summed E-state index contributed by atoms with van der Waals surface area (Å²) in [6.45, 7) is 6.13. The number of rotatable bonds is 9. The van der Waals surface area contributed by atoms with Crippen LogP contribution < -0.4 is 5.32 Å². The lowest BCUT2D eigenvalue weighted by atomic mass is 9.82. The van der Waals surface area contributed by atoms with Crippen LogP contribution >= 0.6 is 0 Å². The number of alkyl carbamates (subject to hydrolysis) is 1. The number of likely N-dealkylation sites (tertiary alicyclic amines) is 1. The van der Waals surface area contributed by atoms with Crippen molar-refractivity contribution in [3.8, 4) is 0 Å². The number of nitrogens with zero attached hydrogens (tertiary/aromatic N) is 2. The number of benzene rings is 1. The van der Waals surface area contributed by atoms with Gasteiger partial charge in [0.25, 0.3) is 0 Å². The van der Waals surface area contributed by atoms with E-state index in [1.807, 2.05) is 4.90 Å². The molecule has 1 fully saturated rings. The molecule has 3 rings (SSSR count). The van der Waals surface area contributed by atoms with Crippen LogP contribution in [-0.4, -0.2) is 97.2 Å². The van der Waals surface area contributed by atoms with Gasteiger partial charge in [0.05, 0.1) is 13.2 Å². The lowest BCUT2D eigenvalue weighted by Crippen LogP contribution is -2.69. The molecule has 1 saturated heterocycles. The average Bonchev–Trinajstić information content (AvgIpc) is 2.87. The molecule has 220 valence electrons. The SMILES string of the molecule is COCCOC1(N2CCCC(NC(=O)OC(C)(C)C)(C(=O)N(C)C)C2)C=CC(c2cccc(F)c2)=C(C(=O)O)C1. The van der Waals surface area contributed by atoms with Crippen molar-refractivity contribution in [3.05, 3.63) is 53.4 Å². The van der Waals surface area contributed by atoms with Crippen LogP contribution in [-0.2, 0) is 23.8 Å². The number of carbonyl (C=O) groups excluding carboxylic acids is 2. The van der Waals surface area contributed by atoms with Gasteiger partial charge in [-0.05, 0) is 63.0 Å². The normalized spacial score (nSPS) is 23.6. The van der Waals surface area contributed by atoms with Gasteiger partial charge < -0.3 is 29.5 Å². The summed E-state index contributed by atoms with van der Waals surface area (Å²) in [6.07, 6.45) is 3.44. The van der Waals surface area contributed by atoms with Crippen molar-refractivity contribution in [1.29, 1.82) is 0 Å². The summed E-state index contributed by atoms with van der Waals surface area (Å²) in [4.78, 5) is 42.3. The molecular formula is C29H40FN3O7. The van der Waals surface area contributed by atoms with Crippen LogP contribution in [0.1, 0.15) is 45.6 Å². The second-order valence-corrected chi connectivity index (χ2v) is 11.3. The van der Waals surface area contributed by atoms with Gasteiger partial charge in [-0.2, -0.15) is 0 Å². The molecule has 10 nitrogen and oxygen atoms in total. The van der Waals surface area contributed by atoms with E-state index in [0.717, 1.165) is 0 Å². The van der Waals surface area contributed by atoms with E-state index in [1.165, 1.54) is 30.2 Å². The molecule has 2 unspecified atom stereocenters. The fraction of sp³-hybridized carbons (Fsp3) is 0.552. The molecule has 40 heavy (non-hydrogen) atoms. The number of hydrogen-bond acceptors (Lipinski definition) is 7. The zero-order valence-electron chi connectivity index (χ0n) is 24.1. The van der Waals surface area contributed by atoms with E-state index in [-0.39, 0.29) is 37.7 Å². The van der Waals surface area contributed by atoms with Crippen LogP contribution in [0.15, 0.2) is 42.0 Å². The second kappa shape index (κ2) is 12.5. The molecular weight excluding hydrogens is 521 g/mol. The van der Waals surface area contributed by atoms with Crippen LogP contribution in [0, 0.1) is 5.82 Å². The molecule has 0 spiro atoms. The molecule has 0 aromatic heterocycles. The number of aliphatic carboxylic acids is 1. The molecule has 0 saturated carbocycles. The van der Waals surface area contributed by atoms with Gasteiger partial charge in [-0.15, -0.1) is 0 Å². The van der Waals surface area contributed by atoms with Crippen molar-refractivity contribution < 1.29 is 38.1 Å². The average molecular weight is 562 g/mol. The standard InChI is InChI=1S/C29H40FN3O7/c1-27(2,3)40-26(37)31-28(25(36)32(4)5)12-8-14-33(19-28)29(39-16-15-38-6)13-11-22(23(18-29)24(34)35)20-9-7-10-21(30)17-20/h7,9-11,13,17H,8,12,14-16,18-19H2,1-6H3,(H,31,37)(H,34,35). The Kier molecular flexibility index (Phi) is 9.76. The Bertz CT molecular complexity index is 1180. The first kappa shape index (κ1) is 31.3. The minimum Gasteiger partial charge on any atom is -0.478 e. The monoisotopic (exact) mass is 561 g/mol.